The van der Waals surface area contributed by atoms with E-state index in [1.165, 1.54) is 17.7 Å². The smallest absolute Gasteiger partial charge is 0.227 e. The van der Waals surface area contributed by atoms with Crippen LogP contribution in [0.2, 0.25) is 0 Å². The van der Waals surface area contributed by atoms with Gasteiger partial charge < -0.3 is 11.1 Å². The molecule has 1 aliphatic rings. The number of thiazole rings is 1. The van der Waals surface area contributed by atoms with Crippen molar-refractivity contribution in [1.29, 1.82) is 0 Å². The molecule has 1 heterocycles. The number of aromatic nitrogens is 1. The summed E-state index contributed by atoms with van der Waals surface area (Å²) in [6.07, 6.45) is 8.36. The van der Waals surface area contributed by atoms with Crippen molar-refractivity contribution >= 4 is 17.2 Å². The monoisotopic (exact) mass is 281 g/mol. The molecule has 4 nitrogen and oxygen atoms in total. The van der Waals surface area contributed by atoms with Gasteiger partial charge in [-0.2, -0.15) is 0 Å². The van der Waals surface area contributed by atoms with Crippen LogP contribution < -0.4 is 11.1 Å². The lowest BCUT2D eigenvalue weighted by atomic mass is 9.79. The van der Waals surface area contributed by atoms with Crippen LogP contribution in [0, 0.1) is 12.3 Å². The lowest BCUT2D eigenvalue weighted by molar-refractivity contribution is -0.131. The lowest BCUT2D eigenvalue weighted by Crippen LogP contribution is -2.45. The second-order valence-electron chi connectivity index (χ2n) is 5.45. The van der Waals surface area contributed by atoms with Crippen molar-refractivity contribution in [2.45, 2.75) is 52.0 Å². The van der Waals surface area contributed by atoms with Gasteiger partial charge in [-0.15, -0.1) is 11.3 Å². The summed E-state index contributed by atoms with van der Waals surface area (Å²) in [4.78, 5) is 17.9. The van der Waals surface area contributed by atoms with Gasteiger partial charge in [-0.3, -0.25) is 4.79 Å². The zero-order valence-corrected chi connectivity index (χ0v) is 12.4. The van der Waals surface area contributed by atoms with E-state index in [4.69, 9.17) is 5.73 Å². The molecule has 106 valence electrons. The third kappa shape index (κ3) is 3.54. The molecule has 5 heteroatoms. The van der Waals surface area contributed by atoms with Crippen LogP contribution in [0.4, 0.5) is 0 Å². The van der Waals surface area contributed by atoms with Gasteiger partial charge in [0.15, 0.2) is 0 Å². The fourth-order valence-electron chi connectivity index (χ4n) is 2.76. The Kier molecular flexibility index (Phi) is 4.93. The Morgan fingerprint density at radius 2 is 2.11 bits per heavy atom. The van der Waals surface area contributed by atoms with E-state index in [1.807, 2.05) is 13.1 Å². The highest BCUT2D eigenvalue weighted by atomic mass is 32.1. The molecule has 1 aliphatic carbocycles. The summed E-state index contributed by atoms with van der Waals surface area (Å²) in [6, 6.07) is 0. The van der Waals surface area contributed by atoms with E-state index in [0.29, 0.717) is 13.1 Å². The van der Waals surface area contributed by atoms with Gasteiger partial charge in [-0.1, -0.05) is 25.7 Å². The molecule has 1 aromatic rings. The van der Waals surface area contributed by atoms with Crippen LogP contribution in [-0.2, 0) is 11.3 Å². The largest absolute Gasteiger partial charge is 0.349 e. The third-order valence-corrected chi connectivity index (χ3v) is 4.92. The number of carbonyl (C=O) groups is 1. The summed E-state index contributed by atoms with van der Waals surface area (Å²) in [6.45, 7) is 3.00. The molecular formula is C14H23N3OS. The van der Waals surface area contributed by atoms with Crippen molar-refractivity contribution in [2.75, 3.05) is 6.54 Å². The predicted molar refractivity (Wildman–Crippen MR) is 77.9 cm³/mol. The molecule has 0 aliphatic heterocycles. The van der Waals surface area contributed by atoms with Crippen LogP contribution in [0.5, 0.6) is 0 Å². The first-order valence-electron chi connectivity index (χ1n) is 7.06. The number of hydrogen-bond donors (Lipinski definition) is 2. The van der Waals surface area contributed by atoms with Gasteiger partial charge in [0.05, 0.1) is 12.0 Å². The Hall–Kier alpha value is -0.940. The second-order valence-corrected chi connectivity index (χ2v) is 6.77. The molecular weight excluding hydrogens is 258 g/mol. The minimum absolute atomic E-state index is 0.116. The Labute approximate surface area is 118 Å². The number of amides is 1. The Morgan fingerprint density at radius 1 is 1.42 bits per heavy atom. The highest BCUT2D eigenvalue weighted by Gasteiger charge is 2.36. The van der Waals surface area contributed by atoms with E-state index >= 15 is 0 Å². The van der Waals surface area contributed by atoms with Crippen LogP contribution >= 0.6 is 11.3 Å². The SMILES string of the molecule is Cc1cnc(CNC(=O)C2(CN)CCCCCC2)s1. The summed E-state index contributed by atoms with van der Waals surface area (Å²) in [5.41, 5.74) is 5.56. The molecule has 1 saturated carbocycles. The molecule has 0 radical (unpaired) electrons. The maximum Gasteiger partial charge on any atom is 0.227 e. The highest BCUT2D eigenvalue weighted by molar-refractivity contribution is 7.11. The first-order chi connectivity index (χ1) is 9.16. The molecule has 1 aromatic heterocycles. The molecule has 1 fully saturated rings. The average Bonchev–Trinajstić information content (AvgIpc) is 2.69. The quantitative estimate of drug-likeness (QED) is 0.833. The zero-order valence-electron chi connectivity index (χ0n) is 11.6. The Morgan fingerprint density at radius 3 is 2.63 bits per heavy atom. The van der Waals surface area contributed by atoms with Gasteiger partial charge in [-0.05, 0) is 19.8 Å². The van der Waals surface area contributed by atoms with Crippen LogP contribution in [-0.4, -0.2) is 17.4 Å². The average molecular weight is 281 g/mol. The van der Waals surface area contributed by atoms with E-state index in [-0.39, 0.29) is 11.3 Å². The maximum absolute atomic E-state index is 12.5. The van der Waals surface area contributed by atoms with E-state index in [1.54, 1.807) is 11.3 Å². The van der Waals surface area contributed by atoms with Crippen molar-refractivity contribution in [2.24, 2.45) is 11.1 Å². The van der Waals surface area contributed by atoms with Crippen LogP contribution in [0.3, 0.4) is 0 Å². The maximum atomic E-state index is 12.5. The summed E-state index contributed by atoms with van der Waals surface area (Å²) < 4.78 is 0. The van der Waals surface area contributed by atoms with E-state index in [0.717, 1.165) is 30.7 Å². The van der Waals surface area contributed by atoms with Gasteiger partial charge >= 0.3 is 0 Å². The van der Waals surface area contributed by atoms with Crippen LogP contribution in [0.25, 0.3) is 0 Å². The van der Waals surface area contributed by atoms with Gasteiger partial charge in [0.2, 0.25) is 5.91 Å². The van der Waals surface area contributed by atoms with Crippen molar-refractivity contribution in [3.8, 4) is 0 Å². The normalized spacial score (nSPS) is 18.8. The standard InChI is InChI=1S/C14H23N3OS/c1-11-8-16-12(19-11)9-17-13(18)14(10-15)6-4-2-3-5-7-14/h8H,2-7,9-10,15H2,1H3,(H,17,18). The first kappa shape index (κ1) is 14.5. The lowest BCUT2D eigenvalue weighted by Gasteiger charge is -2.29. The van der Waals surface area contributed by atoms with E-state index in [2.05, 4.69) is 10.3 Å². The molecule has 0 spiro atoms. The minimum Gasteiger partial charge on any atom is -0.349 e. The van der Waals surface area contributed by atoms with E-state index in [9.17, 15) is 4.79 Å². The minimum atomic E-state index is -0.344. The summed E-state index contributed by atoms with van der Waals surface area (Å²) >= 11 is 1.63. The first-order valence-corrected chi connectivity index (χ1v) is 7.88. The number of aryl methyl sites for hydroxylation is 1. The highest BCUT2D eigenvalue weighted by Crippen LogP contribution is 2.34. The fraction of sp³-hybridized carbons (Fsp3) is 0.714. The number of carbonyl (C=O) groups excluding carboxylic acids is 1. The van der Waals surface area contributed by atoms with Gasteiger partial charge in [-0.25, -0.2) is 4.98 Å². The number of rotatable bonds is 4. The summed E-state index contributed by atoms with van der Waals surface area (Å²) in [5.74, 6) is 0.116. The molecule has 19 heavy (non-hydrogen) atoms. The Bertz CT molecular complexity index is 422. The molecule has 3 N–H and O–H groups in total. The van der Waals surface area contributed by atoms with Crippen LogP contribution in [0.15, 0.2) is 6.20 Å². The number of nitrogens with zero attached hydrogens (tertiary/aromatic N) is 1. The summed E-state index contributed by atoms with van der Waals surface area (Å²) in [7, 11) is 0. The molecule has 1 amide bonds. The van der Waals surface area contributed by atoms with Crippen molar-refractivity contribution in [3.05, 3.63) is 16.1 Å². The fourth-order valence-corrected chi connectivity index (χ4v) is 3.48. The summed E-state index contributed by atoms with van der Waals surface area (Å²) in [5, 5.41) is 3.99. The molecule has 0 atom stereocenters. The third-order valence-electron chi connectivity index (χ3n) is 4.00. The Balaban J connectivity index is 1.96. The van der Waals surface area contributed by atoms with Crippen molar-refractivity contribution < 1.29 is 4.79 Å². The number of nitrogens with one attached hydrogen (secondary N) is 1. The molecule has 0 bridgehead atoms. The predicted octanol–water partition coefficient (Wildman–Crippen LogP) is 2.37. The molecule has 0 saturated heterocycles. The molecule has 0 unspecified atom stereocenters. The van der Waals surface area contributed by atoms with Crippen LogP contribution in [0.1, 0.15) is 48.4 Å². The zero-order chi connectivity index (χ0) is 13.7. The molecule has 0 aromatic carbocycles. The van der Waals surface area contributed by atoms with Gasteiger partial charge in [0.25, 0.3) is 0 Å². The van der Waals surface area contributed by atoms with Gasteiger partial charge in [0, 0.05) is 17.6 Å². The van der Waals surface area contributed by atoms with E-state index < -0.39 is 0 Å². The van der Waals surface area contributed by atoms with Crippen molar-refractivity contribution in [1.82, 2.24) is 10.3 Å². The second kappa shape index (κ2) is 6.48. The topological polar surface area (TPSA) is 68.0 Å². The van der Waals surface area contributed by atoms with Gasteiger partial charge in [0.1, 0.15) is 5.01 Å². The van der Waals surface area contributed by atoms with Crippen molar-refractivity contribution in [3.63, 3.8) is 0 Å². The molecule has 2 rings (SSSR count). The number of nitrogens with two attached hydrogens (primary N) is 1. The number of hydrogen-bond acceptors (Lipinski definition) is 4.